The molecule has 0 atom stereocenters. The van der Waals surface area contributed by atoms with Gasteiger partial charge in [-0.3, -0.25) is 0 Å². The van der Waals surface area contributed by atoms with Gasteiger partial charge in [-0.2, -0.15) is 0 Å². The number of hydrogen-bond donors (Lipinski definition) is 1. The highest BCUT2D eigenvalue weighted by atomic mass is 35.5. The van der Waals surface area contributed by atoms with Crippen LogP contribution in [0, 0.1) is 0 Å². The minimum absolute atomic E-state index is 0.583. The molecule has 1 heterocycles. The molecule has 1 aromatic carbocycles. The summed E-state index contributed by atoms with van der Waals surface area (Å²) in [7, 11) is 1.90. The van der Waals surface area contributed by atoms with Crippen molar-refractivity contribution in [2.75, 3.05) is 7.05 Å². The molecular weight excluding hydrogens is 257 g/mol. The van der Waals surface area contributed by atoms with Gasteiger partial charge in [0.1, 0.15) is 0 Å². The van der Waals surface area contributed by atoms with Crippen LogP contribution in [-0.2, 0) is 13.1 Å². The molecule has 1 N–H and O–H groups in total. The van der Waals surface area contributed by atoms with Crippen LogP contribution in [0.4, 0.5) is 0 Å². The van der Waals surface area contributed by atoms with Gasteiger partial charge in [0.25, 0.3) is 0 Å². The minimum atomic E-state index is 0.583. The van der Waals surface area contributed by atoms with E-state index in [0.717, 1.165) is 17.8 Å². The van der Waals surface area contributed by atoms with Crippen LogP contribution < -0.4 is 5.32 Å². The quantitative estimate of drug-likeness (QED) is 0.925. The third-order valence-corrected chi connectivity index (χ3v) is 3.29. The van der Waals surface area contributed by atoms with E-state index >= 15 is 0 Å². The second-order valence-electron chi connectivity index (χ2n) is 3.78. The van der Waals surface area contributed by atoms with Crippen molar-refractivity contribution >= 4 is 23.2 Å². The number of nitrogens with zero attached hydrogens (tertiary/aromatic N) is 2. The van der Waals surface area contributed by atoms with E-state index in [9.17, 15) is 0 Å². The average molecular weight is 270 g/mol. The second-order valence-corrected chi connectivity index (χ2v) is 4.57. The fourth-order valence-corrected chi connectivity index (χ4v) is 2.01. The lowest BCUT2D eigenvalue weighted by atomic mass is 10.2. The summed E-state index contributed by atoms with van der Waals surface area (Å²) in [4.78, 5) is 4.28. The van der Waals surface area contributed by atoms with Crippen molar-refractivity contribution in [3.8, 4) is 0 Å². The van der Waals surface area contributed by atoms with Gasteiger partial charge in [-0.1, -0.05) is 35.3 Å². The van der Waals surface area contributed by atoms with Crippen molar-refractivity contribution in [1.82, 2.24) is 14.9 Å². The Kier molecular flexibility index (Phi) is 4.05. The number of rotatable bonds is 4. The molecule has 2 aromatic rings. The first-order chi connectivity index (χ1) is 8.20. The Hall–Kier alpha value is -1.03. The molecule has 0 aliphatic rings. The first kappa shape index (κ1) is 12.4. The van der Waals surface area contributed by atoms with E-state index < -0.39 is 0 Å². The molecule has 0 fully saturated rings. The Labute approximate surface area is 110 Å². The summed E-state index contributed by atoms with van der Waals surface area (Å²) >= 11 is 12.1. The summed E-state index contributed by atoms with van der Waals surface area (Å²) in [5.41, 5.74) is 2.00. The third-order valence-electron chi connectivity index (χ3n) is 2.43. The normalized spacial score (nSPS) is 10.8. The summed E-state index contributed by atoms with van der Waals surface area (Å²) in [6.07, 6.45) is 3.79. The van der Waals surface area contributed by atoms with Crippen LogP contribution in [0.2, 0.25) is 10.0 Å². The molecule has 0 radical (unpaired) electrons. The number of aromatic nitrogens is 2. The van der Waals surface area contributed by atoms with E-state index in [1.54, 1.807) is 12.4 Å². The van der Waals surface area contributed by atoms with Crippen LogP contribution in [0.15, 0.2) is 30.7 Å². The van der Waals surface area contributed by atoms with Gasteiger partial charge >= 0.3 is 0 Å². The highest BCUT2D eigenvalue weighted by Gasteiger charge is 2.05. The molecule has 0 amide bonds. The van der Waals surface area contributed by atoms with Gasteiger partial charge in [-0.05, 0) is 18.7 Å². The van der Waals surface area contributed by atoms with E-state index in [4.69, 9.17) is 23.2 Å². The van der Waals surface area contributed by atoms with Crippen molar-refractivity contribution in [1.29, 1.82) is 0 Å². The predicted molar refractivity (Wildman–Crippen MR) is 70.6 cm³/mol. The predicted octanol–water partition coefficient (Wildman–Crippen LogP) is 2.96. The monoisotopic (exact) mass is 269 g/mol. The maximum absolute atomic E-state index is 6.13. The summed E-state index contributed by atoms with van der Waals surface area (Å²) in [5.74, 6) is 0. The van der Waals surface area contributed by atoms with Crippen LogP contribution in [0.25, 0.3) is 0 Å². The van der Waals surface area contributed by atoms with Crippen LogP contribution in [0.3, 0.4) is 0 Å². The molecule has 17 heavy (non-hydrogen) atoms. The lowest BCUT2D eigenvalue weighted by Crippen LogP contribution is -2.05. The van der Waals surface area contributed by atoms with Gasteiger partial charge in [0.05, 0.1) is 28.6 Å². The Bertz CT molecular complexity index is 508. The van der Waals surface area contributed by atoms with Gasteiger partial charge in [-0.25, -0.2) is 4.98 Å². The number of imidazole rings is 1. The highest BCUT2D eigenvalue weighted by molar-refractivity contribution is 6.42. The zero-order valence-corrected chi connectivity index (χ0v) is 11.0. The zero-order valence-electron chi connectivity index (χ0n) is 9.45. The van der Waals surface area contributed by atoms with E-state index in [2.05, 4.69) is 10.3 Å². The number of hydrogen-bond acceptors (Lipinski definition) is 2. The maximum atomic E-state index is 6.13. The van der Waals surface area contributed by atoms with Gasteiger partial charge in [0, 0.05) is 12.7 Å². The molecule has 90 valence electrons. The molecule has 0 aliphatic heterocycles. The molecule has 0 unspecified atom stereocenters. The topological polar surface area (TPSA) is 29.9 Å². The fourth-order valence-electron chi connectivity index (χ4n) is 1.63. The van der Waals surface area contributed by atoms with E-state index in [-0.39, 0.29) is 0 Å². The average Bonchev–Trinajstić information content (AvgIpc) is 2.73. The number of halogens is 2. The van der Waals surface area contributed by atoms with E-state index in [0.29, 0.717) is 16.6 Å². The summed E-state index contributed by atoms with van der Waals surface area (Å²) in [6, 6.07) is 5.65. The SMILES string of the molecule is CNCc1cn(Cc2cccc(Cl)c2Cl)cn1. The Morgan fingerprint density at radius 2 is 2.18 bits per heavy atom. The van der Waals surface area contributed by atoms with E-state index in [1.807, 2.05) is 29.9 Å². The first-order valence-corrected chi connectivity index (χ1v) is 6.04. The van der Waals surface area contributed by atoms with E-state index in [1.165, 1.54) is 0 Å². The highest BCUT2D eigenvalue weighted by Crippen LogP contribution is 2.26. The Morgan fingerprint density at radius 3 is 2.94 bits per heavy atom. The van der Waals surface area contributed by atoms with Crippen LogP contribution in [-0.4, -0.2) is 16.6 Å². The van der Waals surface area contributed by atoms with Crippen molar-refractivity contribution < 1.29 is 0 Å². The van der Waals surface area contributed by atoms with Crippen LogP contribution in [0.5, 0.6) is 0 Å². The van der Waals surface area contributed by atoms with Crippen molar-refractivity contribution in [3.63, 3.8) is 0 Å². The first-order valence-electron chi connectivity index (χ1n) is 5.29. The second kappa shape index (κ2) is 5.54. The largest absolute Gasteiger partial charge is 0.333 e. The van der Waals surface area contributed by atoms with Gasteiger partial charge in [0.2, 0.25) is 0 Å². The summed E-state index contributed by atoms with van der Waals surface area (Å²) < 4.78 is 1.99. The molecule has 2 rings (SSSR count). The third kappa shape index (κ3) is 3.00. The minimum Gasteiger partial charge on any atom is -0.333 e. The standard InChI is InChI=1S/C12H13Cl2N3/c1-15-5-10-7-17(8-16-10)6-9-3-2-4-11(13)12(9)14/h2-4,7-8,15H,5-6H2,1H3. The smallest absolute Gasteiger partial charge is 0.0953 e. The molecule has 1 aromatic heterocycles. The summed E-state index contributed by atoms with van der Waals surface area (Å²) in [5, 5.41) is 4.25. The maximum Gasteiger partial charge on any atom is 0.0953 e. The molecule has 3 nitrogen and oxygen atoms in total. The molecule has 0 bridgehead atoms. The van der Waals surface area contributed by atoms with Crippen LogP contribution >= 0.6 is 23.2 Å². The fraction of sp³-hybridized carbons (Fsp3) is 0.250. The molecular formula is C12H13Cl2N3. The molecule has 0 saturated carbocycles. The van der Waals surface area contributed by atoms with Crippen LogP contribution in [0.1, 0.15) is 11.3 Å². The van der Waals surface area contributed by atoms with Crippen molar-refractivity contribution in [2.45, 2.75) is 13.1 Å². The Morgan fingerprint density at radius 1 is 1.35 bits per heavy atom. The van der Waals surface area contributed by atoms with Crippen molar-refractivity contribution in [2.24, 2.45) is 0 Å². The summed E-state index contributed by atoms with van der Waals surface area (Å²) in [6.45, 7) is 1.44. The number of nitrogens with one attached hydrogen (secondary N) is 1. The van der Waals surface area contributed by atoms with Crippen molar-refractivity contribution in [3.05, 3.63) is 52.0 Å². The van der Waals surface area contributed by atoms with Gasteiger partial charge in [-0.15, -0.1) is 0 Å². The molecule has 0 aliphatic carbocycles. The zero-order chi connectivity index (χ0) is 12.3. The molecule has 0 saturated heterocycles. The lowest BCUT2D eigenvalue weighted by molar-refractivity contribution is 0.782. The molecule has 0 spiro atoms. The van der Waals surface area contributed by atoms with Gasteiger partial charge in [0.15, 0.2) is 0 Å². The number of benzene rings is 1. The molecule has 5 heteroatoms. The lowest BCUT2D eigenvalue weighted by Gasteiger charge is -2.06. The Balaban J connectivity index is 2.16. The van der Waals surface area contributed by atoms with Gasteiger partial charge < -0.3 is 9.88 Å².